The number of nitrogens with zero attached hydrogens (tertiary/aromatic N) is 7. The van der Waals surface area contributed by atoms with Crippen LogP contribution < -0.4 is 50.3 Å². The summed E-state index contributed by atoms with van der Waals surface area (Å²) in [5.41, 5.74) is 10.4. The van der Waals surface area contributed by atoms with Crippen molar-refractivity contribution in [2.45, 2.75) is 83.2 Å². The lowest BCUT2D eigenvalue weighted by Gasteiger charge is -2.33. The van der Waals surface area contributed by atoms with E-state index in [0.29, 0.717) is 137 Å². The molecule has 0 spiro atoms. The summed E-state index contributed by atoms with van der Waals surface area (Å²) >= 11 is 5.86. The number of carboxylic acid groups (broad SMARTS) is 1. The standard InChI is InChI=1S/C34H36FN5O5.C29H28FN5O3.C15H10ClFN2O.C2HF3O2/c1-34(2,3)45-33(42)40-15-12-22(13-16-40)37-31(41)26-10-11-27(30-25(26)14-17-44-30)38-32-36-19-20-6-5-7-24(29(20)39-32)23-9-8-21(35)18-28(23)43-4;1-37-25-15-18(30)5-6-20(25)21-4-2-3-17-16-32-29(35-26(17)21)34-24-8-7-23(22-11-14-38-27(22)24)28(36)33-19-9-12-31-13-10-19;1-20-13-7-10(17)5-6-11(13)12-4-2-3-9-8-18-15(16)19-14(9)12;3-2(4,5)1(6)7/h5-11,18-19,22H,12-17H2,1-4H3,(H,37,41)(H,36,38,39);2-8,15-16,19,31H,9-14H2,1H3,(H,33,36)(H,32,34,35);2-8H,1H3;(H,6,7). The number of ether oxygens (including phenoxy) is 6. The predicted molar refractivity (Wildman–Crippen MR) is 403 cm³/mol. The van der Waals surface area contributed by atoms with Crippen LogP contribution in [0.5, 0.6) is 28.7 Å². The molecule has 23 nitrogen and oxygen atoms in total. The van der Waals surface area contributed by atoms with Gasteiger partial charge in [0.05, 0.1) is 62.5 Å². The van der Waals surface area contributed by atoms with Gasteiger partial charge in [0.15, 0.2) is 0 Å². The zero-order chi connectivity index (χ0) is 78.0. The Balaban J connectivity index is 0.000000155. The molecule has 3 aromatic heterocycles. The van der Waals surface area contributed by atoms with Crippen molar-refractivity contribution < 1.29 is 79.0 Å². The number of hydrogen-bond acceptors (Lipinski definition) is 19. The van der Waals surface area contributed by atoms with E-state index in [2.05, 4.69) is 46.5 Å². The first kappa shape index (κ1) is 77.5. The van der Waals surface area contributed by atoms with Crippen LogP contribution in [0.25, 0.3) is 66.1 Å². The Morgan fingerprint density at radius 1 is 0.536 bits per heavy atom. The molecule has 11 aromatic rings. The SMILES string of the molecule is COc1cc(F)ccc1-c1cccc2cnc(Cl)nc12.COc1cc(F)ccc1-c1cccc2cnc(Nc3ccc(C(=O)NC4CCN(C(=O)OC(C)(C)C)CC4)c4c3OCC4)nc12.COc1cc(F)ccc1-c1cccc2cnc(Nc3ccc(C(=O)NC4CCNCC4)c4c3OCC4)nc12.O=C(O)C(F)(F)F. The van der Waals surface area contributed by atoms with Crippen LogP contribution in [0.15, 0.2) is 152 Å². The van der Waals surface area contributed by atoms with Crippen molar-refractivity contribution in [3.05, 3.63) is 197 Å². The molecule has 4 aliphatic rings. The van der Waals surface area contributed by atoms with E-state index in [-0.39, 0.29) is 52.7 Å². The summed E-state index contributed by atoms with van der Waals surface area (Å²) in [5, 5.41) is 26.0. The van der Waals surface area contributed by atoms with E-state index in [0.717, 1.165) is 81.0 Å². The molecule has 3 amide bonds. The number of anilines is 4. The molecule has 0 bridgehead atoms. The van der Waals surface area contributed by atoms with Gasteiger partial charge in [-0.25, -0.2) is 52.7 Å². The molecular weight excluding hydrogens is 1450 g/mol. The molecule has 570 valence electrons. The molecular formula is C80H75ClF6N12O11. The number of methoxy groups -OCH3 is 3. The minimum atomic E-state index is -5.08. The number of rotatable bonds is 14. The van der Waals surface area contributed by atoms with Crippen LogP contribution in [0.3, 0.4) is 0 Å². The zero-order valence-electron chi connectivity index (χ0n) is 60.4. The molecule has 15 rings (SSSR count). The highest BCUT2D eigenvalue weighted by Crippen LogP contribution is 2.43. The first-order valence-electron chi connectivity index (χ1n) is 35.0. The third kappa shape index (κ3) is 18.4. The minimum Gasteiger partial charge on any atom is -0.496 e. The number of aliphatic carboxylic acids is 1. The number of fused-ring (bicyclic) bond motifs is 5. The normalized spacial score (nSPS) is 14.0. The lowest BCUT2D eigenvalue weighted by atomic mass is 10.0. The Morgan fingerprint density at radius 3 is 1.32 bits per heavy atom. The van der Waals surface area contributed by atoms with Gasteiger partial charge in [0.1, 0.15) is 51.8 Å². The van der Waals surface area contributed by atoms with E-state index in [1.165, 1.54) is 57.7 Å². The fraction of sp³-hybridized carbons (Fsp3) is 0.275. The number of likely N-dealkylation sites (tertiary alicyclic amines) is 1. The lowest BCUT2D eigenvalue weighted by molar-refractivity contribution is -0.192. The van der Waals surface area contributed by atoms with Crippen LogP contribution in [-0.4, -0.2) is 148 Å². The van der Waals surface area contributed by atoms with Crippen LogP contribution in [0.2, 0.25) is 5.28 Å². The fourth-order valence-electron chi connectivity index (χ4n) is 13.1. The van der Waals surface area contributed by atoms with Gasteiger partial charge in [-0.3, -0.25) is 9.59 Å². The average molecular weight is 1530 g/mol. The highest BCUT2D eigenvalue weighted by molar-refractivity contribution is 6.28. The van der Waals surface area contributed by atoms with Crippen molar-refractivity contribution in [2.24, 2.45) is 0 Å². The van der Waals surface area contributed by atoms with Gasteiger partial charge in [0.2, 0.25) is 17.2 Å². The van der Waals surface area contributed by atoms with Gasteiger partial charge in [0, 0.05) is 147 Å². The second-order valence-electron chi connectivity index (χ2n) is 26.7. The number of halogens is 7. The molecule has 30 heteroatoms. The summed E-state index contributed by atoms with van der Waals surface area (Å²) in [4.78, 5) is 76.3. The van der Waals surface area contributed by atoms with E-state index in [9.17, 15) is 40.7 Å². The zero-order valence-corrected chi connectivity index (χ0v) is 61.1. The molecule has 2 saturated heterocycles. The van der Waals surface area contributed by atoms with Crippen molar-refractivity contribution in [3.63, 3.8) is 0 Å². The highest BCUT2D eigenvalue weighted by Gasteiger charge is 2.38. The van der Waals surface area contributed by atoms with Crippen molar-refractivity contribution >= 4 is 91.5 Å². The summed E-state index contributed by atoms with van der Waals surface area (Å²) < 4.78 is 106. The van der Waals surface area contributed by atoms with Crippen molar-refractivity contribution in [3.8, 4) is 62.1 Å². The summed E-state index contributed by atoms with van der Waals surface area (Å²) in [6.45, 7) is 9.37. The highest BCUT2D eigenvalue weighted by atomic mass is 35.5. The Hall–Kier alpha value is -12.1. The number of alkyl halides is 3. The van der Waals surface area contributed by atoms with Gasteiger partial charge in [-0.2, -0.15) is 13.2 Å². The van der Waals surface area contributed by atoms with Crippen molar-refractivity contribution in [1.29, 1.82) is 0 Å². The van der Waals surface area contributed by atoms with Gasteiger partial charge in [-0.05, 0) is 132 Å². The smallest absolute Gasteiger partial charge is 0.490 e. The fourth-order valence-corrected chi connectivity index (χ4v) is 13.2. The maximum Gasteiger partial charge on any atom is 0.490 e. The summed E-state index contributed by atoms with van der Waals surface area (Å²) in [7, 11) is 4.53. The van der Waals surface area contributed by atoms with E-state index >= 15 is 0 Å². The van der Waals surface area contributed by atoms with Gasteiger partial charge in [0.25, 0.3) is 11.8 Å². The maximum atomic E-state index is 13.9. The van der Waals surface area contributed by atoms with E-state index in [1.807, 2.05) is 87.5 Å². The van der Waals surface area contributed by atoms with Gasteiger partial charge < -0.3 is 65.0 Å². The van der Waals surface area contributed by atoms with Gasteiger partial charge in [-0.1, -0.05) is 54.6 Å². The molecule has 4 aliphatic heterocycles. The number of carboxylic acids is 1. The van der Waals surface area contributed by atoms with Gasteiger partial charge in [-0.15, -0.1) is 0 Å². The molecule has 0 saturated carbocycles. The topological polar surface area (TPSA) is 285 Å². The van der Waals surface area contributed by atoms with E-state index < -0.39 is 17.7 Å². The largest absolute Gasteiger partial charge is 0.496 e. The number of hydrogen-bond donors (Lipinski definition) is 6. The van der Waals surface area contributed by atoms with Crippen LogP contribution in [0.4, 0.5) is 54.4 Å². The first-order chi connectivity index (χ1) is 52.8. The molecule has 6 N–H and O–H groups in total. The molecule has 110 heavy (non-hydrogen) atoms. The van der Waals surface area contributed by atoms with Crippen LogP contribution in [0, 0.1) is 17.5 Å². The number of carbonyl (C=O) groups is 4. The van der Waals surface area contributed by atoms with E-state index in [1.54, 1.807) is 53.8 Å². The predicted octanol–water partition coefficient (Wildman–Crippen LogP) is 15.6. The van der Waals surface area contributed by atoms with Crippen LogP contribution in [-0.2, 0) is 22.4 Å². The second kappa shape index (κ2) is 34.0. The average Bonchev–Trinajstić information content (AvgIpc) is 1.17. The first-order valence-corrected chi connectivity index (χ1v) is 35.4. The lowest BCUT2D eigenvalue weighted by Crippen LogP contribution is -2.47. The monoisotopic (exact) mass is 1530 g/mol. The Bertz CT molecular complexity index is 5280. The van der Waals surface area contributed by atoms with Crippen molar-refractivity contribution in [2.75, 3.05) is 71.4 Å². The Kier molecular flexibility index (Phi) is 24.0. The molecule has 2 fully saturated rings. The molecule has 7 heterocycles. The Morgan fingerprint density at radius 2 is 0.927 bits per heavy atom. The number of piperidine rings is 2. The molecule has 0 unspecified atom stereocenters. The number of aromatic nitrogens is 6. The van der Waals surface area contributed by atoms with Crippen LogP contribution >= 0.6 is 11.6 Å². The Labute approximate surface area is 632 Å². The summed E-state index contributed by atoms with van der Waals surface area (Å²) in [5.74, 6) is -0.827. The molecule has 8 aromatic carbocycles. The number of para-hydroxylation sites is 3. The summed E-state index contributed by atoms with van der Waals surface area (Å²) in [6.07, 6.45) is 4.11. The second-order valence-corrected chi connectivity index (χ2v) is 27.0. The number of amides is 3. The van der Waals surface area contributed by atoms with E-state index in [4.69, 9.17) is 59.9 Å². The molecule has 0 radical (unpaired) electrons. The van der Waals surface area contributed by atoms with Crippen molar-refractivity contribution in [1.82, 2.24) is 50.8 Å². The number of benzene rings is 8. The molecule has 0 aliphatic carbocycles. The minimum absolute atomic E-state index is 0.0492. The quantitative estimate of drug-likeness (QED) is 0.0436. The maximum absolute atomic E-state index is 13.9. The third-order valence-electron chi connectivity index (χ3n) is 18.3. The third-order valence-corrected chi connectivity index (χ3v) is 18.4. The van der Waals surface area contributed by atoms with Crippen LogP contribution in [0.1, 0.15) is 78.3 Å². The summed E-state index contributed by atoms with van der Waals surface area (Å²) in [6, 6.07) is 37.8. The number of carbonyl (C=O) groups excluding carboxylic acids is 3. The number of nitrogens with one attached hydrogen (secondary N) is 5. The van der Waals surface area contributed by atoms with Gasteiger partial charge >= 0.3 is 18.2 Å². The molecule has 0 atom stereocenters.